The van der Waals surface area contributed by atoms with Crippen molar-refractivity contribution < 1.29 is 9.53 Å². The zero-order chi connectivity index (χ0) is 10.2. The van der Waals surface area contributed by atoms with E-state index in [-0.39, 0.29) is 0 Å². The van der Waals surface area contributed by atoms with E-state index in [2.05, 4.69) is 5.10 Å². The number of carbonyl (C=O) groups excluding carboxylic acids is 1. The molecule has 0 bridgehead atoms. The van der Waals surface area contributed by atoms with Gasteiger partial charge in [0, 0.05) is 25.4 Å². The minimum Gasteiger partial charge on any atom is -0.367 e. The molecule has 1 aromatic heterocycles. The van der Waals surface area contributed by atoms with Crippen LogP contribution in [-0.4, -0.2) is 22.3 Å². The van der Waals surface area contributed by atoms with Gasteiger partial charge in [0.2, 0.25) is 0 Å². The van der Waals surface area contributed by atoms with E-state index < -0.39 is 11.5 Å². The summed E-state index contributed by atoms with van der Waals surface area (Å²) < 4.78 is 7.11. The van der Waals surface area contributed by atoms with Crippen molar-refractivity contribution in [3.05, 3.63) is 18.0 Å². The molecular weight excluding hydrogens is 182 g/mol. The fraction of sp³-hybridized carbons (Fsp3) is 0.556. The molecule has 5 nitrogen and oxygen atoms in total. The lowest BCUT2D eigenvalue weighted by atomic mass is 9.93. The number of ether oxygens (including phenoxy) is 1. The highest BCUT2D eigenvalue weighted by Gasteiger charge is 2.43. The number of carbonyl (C=O) groups is 1. The summed E-state index contributed by atoms with van der Waals surface area (Å²) in [6.45, 7) is 0.581. The van der Waals surface area contributed by atoms with Gasteiger partial charge in [-0.25, -0.2) is 0 Å². The van der Waals surface area contributed by atoms with Gasteiger partial charge in [-0.2, -0.15) is 5.10 Å². The normalized spacial score (nSPS) is 26.6. The Labute approximate surface area is 81.8 Å². The van der Waals surface area contributed by atoms with E-state index >= 15 is 0 Å². The van der Waals surface area contributed by atoms with Crippen LogP contribution in [0.2, 0.25) is 0 Å². The van der Waals surface area contributed by atoms with Gasteiger partial charge in [-0.3, -0.25) is 9.48 Å². The van der Waals surface area contributed by atoms with Crippen LogP contribution in [0.3, 0.4) is 0 Å². The van der Waals surface area contributed by atoms with Crippen LogP contribution in [0.4, 0.5) is 0 Å². The molecule has 0 saturated carbocycles. The largest absolute Gasteiger partial charge is 0.367 e. The summed E-state index contributed by atoms with van der Waals surface area (Å²) in [4.78, 5) is 11.4. The van der Waals surface area contributed by atoms with E-state index in [1.54, 1.807) is 24.1 Å². The predicted molar refractivity (Wildman–Crippen MR) is 49.3 cm³/mol. The van der Waals surface area contributed by atoms with Crippen LogP contribution in [0.25, 0.3) is 0 Å². The molecule has 1 atom stereocenters. The summed E-state index contributed by atoms with van der Waals surface area (Å²) in [6, 6.07) is 0. The van der Waals surface area contributed by atoms with E-state index in [9.17, 15) is 4.79 Å². The van der Waals surface area contributed by atoms with Gasteiger partial charge in [0.05, 0.1) is 6.20 Å². The first-order valence-electron chi connectivity index (χ1n) is 4.58. The first-order chi connectivity index (χ1) is 6.65. The number of nitrogens with zero attached hydrogens (tertiary/aromatic N) is 2. The third kappa shape index (κ3) is 1.21. The molecule has 2 heterocycles. The maximum Gasteiger partial charge on any atom is 0.254 e. The summed E-state index contributed by atoms with van der Waals surface area (Å²) in [6.07, 6.45) is 4.91. The third-order valence-corrected chi connectivity index (χ3v) is 2.59. The molecule has 1 aliphatic rings. The average Bonchev–Trinajstić information content (AvgIpc) is 2.71. The third-order valence-electron chi connectivity index (χ3n) is 2.59. The molecule has 1 fully saturated rings. The number of amides is 1. The van der Waals surface area contributed by atoms with Crippen LogP contribution in [-0.2, 0) is 22.2 Å². The lowest BCUT2D eigenvalue weighted by Crippen LogP contribution is -2.40. The van der Waals surface area contributed by atoms with Crippen molar-refractivity contribution in [2.75, 3.05) is 6.61 Å². The topological polar surface area (TPSA) is 70.1 Å². The molecule has 0 radical (unpaired) electrons. The van der Waals surface area contributed by atoms with Gasteiger partial charge in [0.1, 0.15) is 0 Å². The molecule has 14 heavy (non-hydrogen) atoms. The number of aryl methyl sites for hydroxylation is 1. The highest BCUT2D eigenvalue weighted by molar-refractivity contribution is 5.85. The summed E-state index contributed by atoms with van der Waals surface area (Å²) in [5.41, 5.74) is 5.19. The quantitative estimate of drug-likeness (QED) is 0.717. The molecule has 5 heteroatoms. The number of hydrogen-bond donors (Lipinski definition) is 1. The molecule has 0 aliphatic carbocycles. The van der Waals surface area contributed by atoms with E-state index in [1.807, 2.05) is 0 Å². The van der Waals surface area contributed by atoms with Crippen LogP contribution in [0.1, 0.15) is 18.4 Å². The summed E-state index contributed by atoms with van der Waals surface area (Å²) >= 11 is 0. The standard InChI is InChI=1S/C9H13N3O2/c1-12-6-7(5-11-12)9(8(10)13)3-2-4-14-9/h5-6H,2-4H2,1H3,(H2,10,13). The second-order valence-corrected chi connectivity index (χ2v) is 3.55. The second kappa shape index (κ2) is 3.09. The zero-order valence-corrected chi connectivity index (χ0v) is 8.06. The van der Waals surface area contributed by atoms with E-state index in [0.717, 1.165) is 12.0 Å². The van der Waals surface area contributed by atoms with Gasteiger partial charge >= 0.3 is 0 Å². The van der Waals surface area contributed by atoms with Crippen molar-refractivity contribution in [2.24, 2.45) is 12.8 Å². The summed E-state index contributed by atoms with van der Waals surface area (Å²) in [7, 11) is 1.80. The smallest absolute Gasteiger partial charge is 0.254 e. The van der Waals surface area contributed by atoms with Crippen molar-refractivity contribution in [3.8, 4) is 0 Å². The van der Waals surface area contributed by atoms with Gasteiger partial charge in [0.15, 0.2) is 5.60 Å². The Hall–Kier alpha value is -1.36. The Kier molecular flexibility index (Phi) is 2.03. The zero-order valence-electron chi connectivity index (χ0n) is 8.06. The molecule has 76 valence electrons. The second-order valence-electron chi connectivity index (χ2n) is 3.55. The SMILES string of the molecule is Cn1cc(C2(C(N)=O)CCCO2)cn1. The van der Waals surface area contributed by atoms with Crippen molar-refractivity contribution in [1.29, 1.82) is 0 Å². The van der Waals surface area contributed by atoms with Gasteiger partial charge < -0.3 is 10.5 Å². The van der Waals surface area contributed by atoms with Crippen LogP contribution in [0.5, 0.6) is 0 Å². The minimum atomic E-state index is -0.936. The van der Waals surface area contributed by atoms with Crippen LogP contribution in [0, 0.1) is 0 Å². The highest BCUT2D eigenvalue weighted by Crippen LogP contribution is 2.35. The maximum atomic E-state index is 11.4. The molecule has 2 rings (SSSR count). The first kappa shape index (κ1) is 9.21. The molecule has 1 aromatic rings. The van der Waals surface area contributed by atoms with Crippen LogP contribution >= 0.6 is 0 Å². The van der Waals surface area contributed by atoms with Crippen molar-refractivity contribution in [2.45, 2.75) is 18.4 Å². The number of nitrogens with two attached hydrogens (primary N) is 1. The van der Waals surface area contributed by atoms with Crippen molar-refractivity contribution in [1.82, 2.24) is 9.78 Å². The molecule has 1 saturated heterocycles. The lowest BCUT2D eigenvalue weighted by molar-refractivity contribution is -0.139. The molecule has 2 N–H and O–H groups in total. The monoisotopic (exact) mass is 195 g/mol. The number of aromatic nitrogens is 2. The van der Waals surface area contributed by atoms with Gasteiger partial charge in [0.25, 0.3) is 5.91 Å². The number of primary amides is 1. The molecule has 1 unspecified atom stereocenters. The molecule has 0 spiro atoms. The number of rotatable bonds is 2. The van der Waals surface area contributed by atoms with Gasteiger partial charge in [-0.05, 0) is 12.8 Å². The summed E-state index contributed by atoms with van der Waals surface area (Å²) in [5, 5.41) is 4.02. The van der Waals surface area contributed by atoms with Gasteiger partial charge in [-0.15, -0.1) is 0 Å². The Morgan fingerprint density at radius 2 is 2.57 bits per heavy atom. The highest BCUT2D eigenvalue weighted by atomic mass is 16.5. The predicted octanol–water partition coefficient (Wildman–Crippen LogP) is -0.0889. The van der Waals surface area contributed by atoms with Crippen molar-refractivity contribution in [3.63, 3.8) is 0 Å². The van der Waals surface area contributed by atoms with E-state index in [0.29, 0.717) is 13.0 Å². The average molecular weight is 195 g/mol. The molecular formula is C9H13N3O2. The molecule has 0 aromatic carbocycles. The molecule has 1 amide bonds. The van der Waals surface area contributed by atoms with Gasteiger partial charge in [-0.1, -0.05) is 0 Å². The van der Waals surface area contributed by atoms with Crippen molar-refractivity contribution >= 4 is 5.91 Å². The fourth-order valence-electron chi connectivity index (χ4n) is 1.83. The van der Waals surface area contributed by atoms with Crippen LogP contribution < -0.4 is 5.73 Å². The summed E-state index contributed by atoms with van der Waals surface area (Å²) in [5.74, 6) is -0.428. The molecule has 1 aliphatic heterocycles. The number of hydrogen-bond acceptors (Lipinski definition) is 3. The maximum absolute atomic E-state index is 11.4. The van der Waals surface area contributed by atoms with E-state index in [1.165, 1.54) is 0 Å². The Balaban J connectivity index is 2.41. The fourth-order valence-corrected chi connectivity index (χ4v) is 1.83. The Bertz CT molecular complexity index is 353. The van der Waals surface area contributed by atoms with Crippen LogP contribution in [0.15, 0.2) is 12.4 Å². The lowest BCUT2D eigenvalue weighted by Gasteiger charge is -2.22. The van der Waals surface area contributed by atoms with E-state index in [4.69, 9.17) is 10.5 Å². The minimum absolute atomic E-state index is 0.428. The first-order valence-corrected chi connectivity index (χ1v) is 4.58. The Morgan fingerprint density at radius 3 is 3.00 bits per heavy atom. The Morgan fingerprint density at radius 1 is 1.79 bits per heavy atom.